The summed E-state index contributed by atoms with van der Waals surface area (Å²) in [5, 5.41) is 7.19. The van der Waals surface area contributed by atoms with E-state index in [0.29, 0.717) is 0 Å². The third-order valence-electron chi connectivity index (χ3n) is 5.75. The van der Waals surface area contributed by atoms with Crippen LogP contribution in [0.3, 0.4) is 0 Å². The number of benzene rings is 1. The van der Waals surface area contributed by atoms with E-state index in [-0.39, 0.29) is 0 Å². The van der Waals surface area contributed by atoms with E-state index in [1.54, 1.807) is 0 Å². The Morgan fingerprint density at radius 3 is 1.80 bits per heavy atom. The molecule has 0 aliphatic carbocycles. The van der Waals surface area contributed by atoms with Crippen LogP contribution in [0.15, 0.2) is 47.6 Å². The van der Waals surface area contributed by atoms with Crippen LogP contribution in [0.25, 0.3) is 0 Å². The molecule has 0 saturated heterocycles. The fourth-order valence-corrected chi connectivity index (χ4v) is 3.56. The zero-order chi connectivity index (χ0) is 22.2. The van der Waals surface area contributed by atoms with Crippen LogP contribution >= 0.6 is 0 Å². The molecule has 0 aliphatic heterocycles. The van der Waals surface area contributed by atoms with Gasteiger partial charge >= 0.3 is 0 Å². The summed E-state index contributed by atoms with van der Waals surface area (Å²) < 4.78 is 0. The average Bonchev–Trinajstić information content (AvgIpc) is 2.68. The van der Waals surface area contributed by atoms with Crippen molar-refractivity contribution in [3.8, 4) is 0 Å². The predicted molar refractivity (Wildman–Crippen MR) is 136 cm³/mol. The first-order valence-corrected chi connectivity index (χ1v) is 12.2. The second kappa shape index (κ2) is 16.2. The Morgan fingerprint density at radius 2 is 1.27 bits per heavy atom. The predicted octanol–water partition coefficient (Wildman–Crippen LogP) is 7.78. The summed E-state index contributed by atoms with van der Waals surface area (Å²) in [4.78, 5) is 0. The average molecular weight is 413 g/mol. The second-order valence-electron chi connectivity index (χ2n) is 9.63. The highest BCUT2D eigenvalue weighted by molar-refractivity contribution is 5.44. The molecule has 0 radical (unpaired) electrons. The lowest BCUT2D eigenvalue weighted by Crippen LogP contribution is -2.20. The van der Waals surface area contributed by atoms with Gasteiger partial charge < -0.3 is 10.6 Å². The standard InChI is InChI=1S/C28H48N2/c1-23(2)9-7-11-25(5)17-20-29-21-19-27-13-15-28(16-14-27)30-22-18-26(6)12-8-10-24(3)4/h9-10,13-16,25-26,29-30H,7-8,11-12,17-22H2,1-6H3/t25-,26-/m0/s1. The highest BCUT2D eigenvalue weighted by atomic mass is 14.9. The minimum Gasteiger partial charge on any atom is -0.385 e. The van der Waals surface area contributed by atoms with Gasteiger partial charge in [-0.1, -0.05) is 49.3 Å². The van der Waals surface area contributed by atoms with Crippen molar-refractivity contribution in [1.82, 2.24) is 5.32 Å². The quantitative estimate of drug-likeness (QED) is 0.214. The lowest BCUT2D eigenvalue weighted by atomic mass is 10.0. The van der Waals surface area contributed by atoms with Crippen LogP contribution in [-0.4, -0.2) is 19.6 Å². The SMILES string of the molecule is CC(C)=CCC[C@H](C)CCNCCc1ccc(NCC[C@@H](C)CCC=C(C)C)cc1. The summed E-state index contributed by atoms with van der Waals surface area (Å²) in [5.74, 6) is 1.57. The minimum atomic E-state index is 0.772. The van der Waals surface area contributed by atoms with Crippen LogP contribution in [0, 0.1) is 11.8 Å². The largest absolute Gasteiger partial charge is 0.385 e. The summed E-state index contributed by atoms with van der Waals surface area (Å²) in [7, 11) is 0. The van der Waals surface area contributed by atoms with Gasteiger partial charge in [0, 0.05) is 12.2 Å². The van der Waals surface area contributed by atoms with Crippen molar-refractivity contribution in [3.63, 3.8) is 0 Å². The Morgan fingerprint density at radius 1 is 0.733 bits per heavy atom. The Bertz CT molecular complexity index is 604. The zero-order valence-corrected chi connectivity index (χ0v) is 20.7. The van der Waals surface area contributed by atoms with E-state index >= 15 is 0 Å². The van der Waals surface area contributed by atoms with E-state index in [9.17, 15) is 0 Å². The van der Waals surface area contributed by atoms with Crippen molar-refractivity contribution in [1.29, 1.82) is 0 Å². The molecule has 30 heavy (non-hydrogen) atoms. The van der Waals surface area contributed by atoms with Gasteiger partial charge in [0.2, 0.25) is 0 Å². The van der Waals surface area contributed by atoms with Crippen LogP contribution in [0.5, 0.6) is 0 Å². The van der Waals surface area contributed by atoms with Crippen LogP contribution in [0.1, 0.15) is 85.6 Å². The maximum atomic E-state index is 3.61. The molecule has 0 aromatic heterocycles. The van der Waals surface area contributed by atoms with E-state index in [1.807, 2.05) is 0 Å². The van der Waals surface area contributed by atoms with Crippen molar-refractivity contribution in [3.05, 3.63) is 53.1 Å². The topological polar surface area (TPSA) is 24.1 Å². The molecule has 0 bridgehead atoms. The third-order valence-corrected chi connectivity index (χ3v) is 5.75. The molecule has 2 nitrogen and oxygen atoms in total. The van der Waals surface area contributed by atoms with Crippen molar-refractivity contribution >= 4 is 5.69 Å². The molecular weight excluding hydrogens is 364 g/mol. The van der Waals surface area contributed by atoms with Gasteiger partial charge in [-0.05, 0) is 115 Å². The van der Waals surface area contributed by atoms with Gasteiger partial charge in [-0.15, -0.1) is 0 Å². The Kier molecular flexibility index (Phi) is 14.3. The van der Waals surface area contributed by atoms with E-state index in [0.717, 1.165) is 37.9 Å². The fraction of sp³-hybridized carbons (Fsp3) is 0.643. The van der Waals surface area contributed by atoms with E-state index < -0.39 is 0 Å². The number of allylic oxidation sites excluding steroid dienone is 4. The number of hydrogen-bond donors (Lipinski definition) is 2. The number of rotatable bonds is 16. The molecule has 1 aromatic rings. The number of hydrogen-bond acceptors (Lipinski definition) is 2. The zero-order valence-electron chi connectivity index (χ0n) is 20.7. The maximum Gasteiger partial charge on any atom is 0.0340 e. The smallest absolute Gasteiger partial charge is 0.0340 e. The minimum absolute atomic E-state index is 0.772. The first-order chi connectivity index (χ1) is 14.4. The number of nitrogens with one attached hydrogen (secondary N) is 2. The Hall–Kier alpha value is -1.54. The lowest BCUT2D eigenvalue weighted by Gasteiger charge is -2.13. The maximum absolute atomic E-state index is 3.61. The van der Waals surface area contributed by atoms with Gasteiger partial charge in [-0.3, -0.25) is 0 Å². The van der Waals surface area contributed by atoms with Crippen LogP contribution in [0.4, 0.5) is 5.69 Å². The molecule has 2 heteroatoms. The molecule has 0 heterocycles. The van der Waals surface area contributed by atoms with Gasteiger partial charge in [-0.2, -0.15) is 0 Å². The van der Waals surface area contributed by atoms with Gasteiger partial charge in [0.15, 0.2) is 0 Å². The highest BCUT2D eigenvalue weighted by Gasteiger charge is 2.02. The van der Waals surface area contributed by atoms with E-state index in [1.165, 1.54) is 60.9 Å². The first-order valence-electron chi connectivity index (χ1n) is 12.2. The Balaban J connectivity index is 2.12. The monoisotopic (exact) mass is 412 g/mol. The first kappa shape index (κ1) is 26.5. The molecule has 170 valence electrons. The van der Waals surface area contributed by atoms with E-state index in [4.69, 9.17) is 0 Å². The fourth-order valence-electron chi connectivity index (χ4n) is 3.56. The van der Waals surface area contributed by atoms with Gasteiger partial charge in [0.25, 0.3) is 0 Å². The Labute approximate surface area is 187 Å². The van der Waals surface area contributed by atoms with Crippen molar-refractivity contribution in [2.45, 2.75) is 86.5 Å². The highest BCUT2D eigenvalue weighted by Crippen LogP contribution is 2.14. The molecule has 0 fully saturated rings. The summed E-state index contributed by atoms with van der Waals surface area (Å²) in [6.45, 7) is 16.7. The summed E-state index contributed by atoms with van der Waals surface area (Å²) in [6.07, 6.45) is 13.3. The van der Waals surface area contributed by atoms with Crippen molar-refractivity contribution in [2.24, 2.45) is 11.8 Å². The lowest BCUT2D eigenvalue weighted by molar-refractivity contribution is 0.474. The molecule has 1 aromatic carbocycles. The third kappa shape index (κ3) is 14.4. The van der Waals surface area contributed by atoms with Crippen LogP contribution < -0.4 is 10.6 Å². The molecule has 0 aliphatic rings. The van der Waals surface area contributed by atoms with Crippen LogP contribution in [-0.2, 0) is 6.42 Å². The molecule has 0 saturated carbocycles. The molecule has 2 N–H and O–H groups in total. The molecular formula is C28H48N2. The molecule has 0 spiro atoms. The van der Waals surface area contributed by atoms with Gasteiger partial charge in [-0.25, -0.2) is 0 Å². The molecule has 2 atom stereocenters. The van der Waals surface area contributed by atoms with Gasteiger partial charge in [0.1, 0.15) is 0 Å². The molecule has 0 unspecified atom stereocenters. The van der Waals surface area contributed by atoms with Gasteiger partial charge in [0.05, 0.1) is 0 Å². The van der Waals surface area contributed by atoms with Crippen LogP contribution in [0.2, 0.25) is 0 Å². The summed E-state index contributed by atoms with van der Waals surface area (Å²) in [5.41, 5.74) is 5.53. The summed E-state index contributed by atoms with van der Waals surface area (Å²) >= 11 is 0. The second-order valence-corrected chi connectivity index (χ2v) is 9.63. The summed E-state index contributed by atoms with van der Waals surface area (Å²) in [6, 6.07) is 9.00. The normalized spacial score (nSPS) is 12.9. The number of anilines is 1. The molecule has 0 amide bonds. The van der Waals surface area contributed by atoms with Crippen molar-refractivity contribution < 1.29 is 0 Å². The van der Waals surface area contributed by atoms with E-state index in [2.05, 4.69) is 88.6 Å². The van der Waals surface area contributed by atoms with Crippen molar-refractivity contribution in [2.75, 3.05) is 25.0 Å². The molecule has 1 rings (SSSR count).